The van der Waals surface area contributed by atoms with Crippen LogP contribution in [0.15, 0.2) is 24.3 Å². The molecular formula is C13H19N3O4. The number of carbonyl (C=O) groups is 1. The SMILES string of the molecule is CC(C)C(CCO)NC(=O)Nc1cccc([N+](=O)[O-])c1. The maximum absolute atomic E-state index is 11.8. The summed E-state index contributed by atoms with van der Waals surface area (Å²) in [4.78, 5) is 21.9. The Bertz CT molecular complexity index is 476. The van der Waals surface area contributed by atoms with Crippen molar-refractivity contribution in [3.8, 4) is 0 Å². The van der Waals surface area contributed by atoms with E-state index < -0.39 is 11.0 Å². The van der Waals surface area contributed by atoms with Crippen molar-refractivity contribution in [2.75, 3.05) is 11.9 Å². The zero-order valence-corrected chi connectivity index (χ0v) is 11.5. The number of urea groups is 1. The van der Waals surface area contributed by atoms with Crippen molar-refractivity contribution in [3.05, 3.63) is 34.4 Å². The molecule has 0 aliphatic rings. The van der Waals surface area contributed by atoms with Gasteiger partial charge in [-0.05, 0) is 18.4 Å². The topological polar surface area (TPSA) is 104 Å². The molecule has 2 amide bonds. The molecule has 0 radical (unpaired) electrons. The molecule has 3 N–H and O–H groups in total. The van der Waals surface area contributed by atoms with Gasteiger partial charge in [-0.2, -0.15) is 0 Å². The number of hydrogen-bond acceptors (Lipinski definition) is 4. The molecule has 0 fully saturated rings. The first kappa shape index (κ1) is 15.9. The van der Waals surface area contributed by atoms with E-state index in [4.69, 9.17) is 5.11 Å². The Labute approximate surface area is 117 Å². The number of rotatable bonds is 6. The van der Waals surface area contributed by atoms with E-state index in [2.05, 4.69) is 10.6 Å². The number of aliphatic hydroxyl groups excluding tert-OH is 1. The Morgan fingerprint density at radius 1 is 1.45 bits per heavy atom. The predicted molar refractivity (Wildman–Crippen MR) is 75.6 cm³/mol. The summed E-state index contributed by atoms with van der Waals surface area (Å²) in [5.41, 5.74) is 0.266. The fourth-order valence-corrected chi connectivity index (χ4v) is 1.74. The molecule has 1 aromatic rings. The van der Waals surface area contributed by atoms with Crippen molar-refractivity contribution in [3.63, 3.8) is 0 Å². The summed E-state index contributed by atoms with van der Waals surface area (Å²) in [5.74, 6) is 0.179. The Morgan fingerprint density at radius 3 is 2.70 bits per heavy atom. The minimum absolute atomic E-state index is 0.0140. The lowest BCUT2D eigenvalue weighted by Gasteiger charge is -2.21. The van der Waals surface area contributed by atoms with E-state index in [-0.39, 0.29) is 24.3 Å². The number of nitro benzene ring substituents is 1. The molecule has 20 heavy (non-hydrogen) atoms. The van der Waals surface area contributed by atoms with Crippen LogP contribution in [0.3, 0.4) is 0 Å². The molecule has 7 nitrogen and oxygen atoms in total. The summed E-state index contributed by atoms with van der Waals surface area (Å²) in [5, 5.41) is 24.9. The van der Waals surface area contributed by atoms with Gasteiger partial charge in [0.25, 0.3) is 5.69 Å². The molecule has 0 aliphatic carbocycles. The van der Waals surface area contributed by atoms with Crippen LogP contribution in [-0.4, -0.2) is 28.7 Å². The molecule has 0 aliphatic heterocycles. The molecule has 1 unspecified atom stereocenters. The second kappa shape index (κ2) is 7.44. The highest BCUT2D eigenvalue weighted by Crippen LogP contribution is 2.17. The standard InChI is InChI=1S/C13H19N3O4/c1-9(2)12(6-7-17)15-13(18)14-10-4-3-5-11(8-10)16(19)20/h3-5,8-9,12,17H,6-7H2,1-2H3,(H2,14,15,18). The third-order valence-electron chi connectivity index (χ3n) is 2.88. The van der Waals surface area contributed by atoms with Gasteiger partial charge in [-0.25, -0.2) is 4.79 Å². The number of nitrogens with zero attached hydrogens (tertiary/aromatic N) is 1. The molecule has 0 heterocycles. The number of non-ortho nitro benzene ring substituents is 1. The number of amides is 2. The van der Waals surface area contributed by atoms with Gasteiger partial charge in [0.05, 0.1) is 4.92 Å². The highest BCUT2D eigenvalue weighted by atomic mass is 16.6. The normalized spacial score (nSPS) is 12.0. The van der Waals surface area contributed by atoms with Crippen molar-refractivity contribution in [1.29, 1.82) is 0 Å². The van der Waals surface area contributed by atoms with Gasteiger partial charge in [0.1, 0.15) is 0 Å². The van der Waals surface area contributed by atoms with Gasteiger partial charge < -0.3 is 15.7 Å². The zero-order chi connectivity index (χ0) is 15.1. The monoisotopic (exact) mass is 281 g/mol. The molecule has 1 aromatic carbocycles. The Morgan fingerprint density at radius 2 is 2.15 bits per heavy atom. The van der Waals surface area contributed by atoms with Crippen LogP contribution in [-0.2, 0) is 0 Å². The van der Waals surface area contributed by atoms with Crippen LogP contribution in [0.1, 0.15) is 20.3 Å². The highest BCUT2D eigenvalue weighted by molar-refractivity contribution is 5.89. The average molecular weight is 281 g/mol. The first-order valence-electron chi connectivity index (χ1n) is 6.37. The van der Waals surface area contributed by atoms with Gasteiger partial charge in [0.2, 0.25) is 0 Å². The van der Waals surface area contributed by atoms with Crippen LogP contribution in [0.4, 0.5) is 16.2 Å². The fourth-order valence-electron chi connectivity index (χ4n) is 1.74. The second-order valence-corrected chi connectivity index (χ2v) is 4.77. The van der Waals surface area contributed by atoms with E-state index in [1.807, 2.05) is 13.8 Å². The zero-order valence-electron chi connectivity index (χ0n) is 11.5. The van der Waals surface area contributed by atoms with E-state index in [0.29, 0.717) is 12.1 Å². The van der Waals surface area contributed by atoms with Crippen molar-refractivity contribution in [1.82, 2.24) is 5.32 Å². The maximum atomic E-state index is 11.8. The highest BCUT2D eigenvalue weighted by Gasteiger charge is 2.16. The molecule has 0 aromatic heterocycles. The van der Waals surface area contributed by atoms with E-state index in [1.165, 1.54) is 18.2 Å². The molecule has 0 bridgehead atoms. The fraction of sp³-hybridized carbons (Fsp3) is 0.462. The van der Waals surface area contributed by atoms with Crippen LogP contribution in [0.2, 0.25) is 0 Å². The van der Waals surface area contributed by atoms with E-state index in [1.54, 1.807) is 6.07 Å². The lowest BCUT2D eigenvalue weighted by atomic mass is 10.0. The lowest BCUT2D eigenvalue weighted by Crippen LogP contribution is -2.41. The number of aliphatic hydroxyl groups is 1. The molecule has 7 heteroatoms. The number of benzene rings is 1. The van der Waals surface area contributed by atoms with Crippen LogP contribution >= 0.6 is 0 Å². The number of anilines is 1. The minimum atomic E-state index is -0.522. The summed E-state index contributed by atoms with van der Waals surface area (Å²) in [6, 6.07) is 5.11. The summed E-state index contributed by atoms with van der Waals surface area (Å²) in [6.45, 7) is 3.86. The number of hydrogen-bond donors (Lipinski definition) is 3. The van der Waals surface area contributed by atoms with Crippen molar-refractivity contribution in [2.45, 2.75) is 26.3 Å². The first-order chi connectivity index (χ1) is 9.43. The minimum Gasteiger partial charge on any atom is -0.396 e. The number of nitro groups is 1. The van der Waals surface area contributed by atoms with Crippen molar-refractivity contribution >= 4 is 17.4 Å². The van der Waals surface area contributed by atoms with E-state index in [9.17, 15) is 14.9 Å². The molecular weight excluding hydrogens is 262 g/mol. The lowest BCUT2D eigenvalue weighted by molar-refractivity contribution is -0.384. The Kier molecular flexibility index (Phi) is 5.92. The van der Waals surface area contributed by atoms with Gasteiger partial charge >= 0.3 is 6.03 Å². The largest absolute Gasteiger partial charge is 0.396 e. The molecule has 110 valence electrons. The Hall–Kier alpha value is -2.15. The molecule has 1 atom stereocenters. The van der Waals surface area contributed by atoms with Crippen LogP contribution < -0.4 is 10.6 Å². The van der Waals surface area contributed by atoms with Crippen LogP contribution in [0.25, 0.3) is 0 Å². The van der Waals surface area contributed by atoms with Crippen LogP contribution in [0.5, 0.6) is 0 Å². The van der Waals surface area contributed by atoms with Gasteiger partial charge in [0, 0.05) is 30.5 Å². The quantitative estimate of drug-likeness (QED) is 0.548. The van der Waals surface area contributed by atoms with E-state index in [0.717, 1.165) is 0 Å². The summed E-state index contributed by atoms with van der Waals surface area (Å²) < 4.78 is 0. The number of nitrogens with one attached hydrogen (secondary N) is 2. The number of carbonyl (C=O) groups excluding carboxylic acids is 1. The van der Waals surface area contributed by atoms with E-state index >= 15 is 0 Å². The summed E-state index contributed by atoms with van der Waals surface area (Å²) in [6.07, 6.45) is 0.458. The summed E-state index contributed by atoms with van der Waals surface area (Å²) >= 11 is 0. The van der Waals surface area contributed by atoms with Gasteiger partial charge in [-0.1, -0.05) is 19.9 Å². The molecule has 0 saturated heterocycles. The average Bonchev–Trinajstić information content (AvgIpc) is 2.38. The van der Waals surface area contributed by atoms with Gasteiger partial charge in [-0.15, -0.1) is 0 Å². The van der Waals surface area contributed by atoms with Crippen molar-refractivity contribution < 1.29 is 14.8 Å². The maximum Gasteiger partial charge on any atom is 0.319 e. The third kappa shape index (κ3) is 4.85. The Balaban J connectivity index is 2.65. The summed E-state index contributed by atoms with van der Waals surface area (Å²) in [7, 11) is 0. The first-order valence-corrected chi connectivity index (χ1v) is 6.37. The smallest absolute Gasteiger partial charge is 0.319 e. The van der Waals surface area contributed by atoms with Gasteiger partial charge in [-0.3, -0.25) is 10.1 Å². The van der Waals surface area contributed by atoms with Crippen molar-refractivity contribution in [2.24, 2.45) is 5.92 Å². The predicted octanol–water partition coefficient (Wildman–Crippen LogP) is 2.12. The second-order valence-electron chi connectivity index (χ2n) is 4.77. The molecule has 1 rings (SSSR count). The molecule has 0 saturated carbocycles. The van der Waals surface area contributed by atoms with Gasteiger partial charge in [0.15, 0.2) is 0 Å². The third-order valence-corrected chi connectivity index (χ3v) is 2.88. The molecule has 0 spiro atoms. The van der Waals surface area contributed by atoms with Crippen LogP contribution in [0, 0.1) is 16.0 Å².